The Bertz CT molecular complexity index is 487. The van der Waals surface area contributed by atoms with Gasteiger partial charge in [0.2, 0.25) is 0 Å². The molecular formula is C16H26N4S. The Morgan fingerprint density at radius 1 is 1.24 bits per heavy atom. The van der Waals surface area contributed by atoms with Gasteiger partial charge in [-0.2, -0.15) is 11.8 Å². The van der Waals surface area contributed by atoms with E-state index in [1.54, 1.807) is 0 Å². The molecule has 0 radical (unpaired) electrons. The zero-order valence-electron chi connectivity index (χ0n) is 13.2. The molecule has 1 aromatic heterocycles. The number of hydrogen-bond donors (Lipinski definition) is 1. The van der Waals surface area contributed by atoms with Crippen molar-refractivity contribution < 1.29 is 0 Å². The van der Waals surface area contributed by atoms with Crippen LogP contribution in [-0.2, 0) is 19.3 Å². The Hall–Kier alpha value is -0.810. The van der Waals surface area contributed by atoms with Gasteiger partial charge in [-0.25, -0.2) is 9.97 Å². The minimum absolute atomic E-state index is 0.844. The number of anilines is 1. The van der Waals surface area contributed by atoms with Crippen LogP contribution in [0.1, 0.15) is 29.9 Å². The fourth-order valence-electron chi connectivity index (χ4n) is 2.90. The molecule has 2 aliphatic rings. The van der Waals surface area contributed by atoms with Crippen molar-refractivity contribution in [1.29, 1.82) is 0 Å². The molecule has 3 rings (SSSR count). The molecule has 4 nitrogen and oxygen atoms in total. The lowest BCUT2D eigenvalue weighted by atomic mass is 10.1. The Balaban J connectivity index is 1.89. The van der Waals surface area contributed by atoms with Gasteiger partial charge in [0.05, 0.1) is 5.69 Å². The number of hydrogen-bond acceptors (Lipinski definition) is 5. The van der Waals surface area contributed by atoms with E-state index in [9.17, 15) is 0 Å². The van der Waals surface area contributed by atoms with Crippen LogP contribution in [0.25, 0.3) is 0 Å². The van der Waals surface area contributed by atoms with E-state index in [-0.39, 0.29) is 0 Å². The molecule has 5 heteroatoms. The fourth-order valence-corrected chi connectivity index (χ4v) is 3.35. The van der Waals surface area contributed by atoms with E-state index in [2.05, 4.69) is 23.5 Å². The summed E-state index contributed by atoms with van der Waals surface area (Å²) in [5.74, 6) is 4.25. The summed E-state index contributed by atoms with van der Waals surface area (Å²) in [6.07, 6.45) is 8.05. The van der Waals surface area contributed by atoms with Gasteiger partial charge in [-0.3, -0.25) is 0 Å². The van der Waals surface area contributed by atoms with E-state index >= 15 is 0 Å². The molecule has 116 valence electrons. The molecule has 0 unspecified atom stereocenters. The predicted molar refractivity (Wildman–Crippen MR) is 90.4 cm³/mol. The average Bonchev–Trinajstić information content (AvgIpc) is 3.30. The van der Waals surface area contributed by atoms with Crippen LogP contribution in [-0.4, -0.2) is 48.7 Å². The molecule has 1 N–H and O–H groups in total. The minimum atomic E-state index is 0.844. The summed E-state index contributed by atoms with van der Waals surface area (Å²) in [5, 5.41) is 3.49. The maximum absolute atomic E-state index is 4.94. The average molecular weight is 306 g/mol. The maximum atomic E-state index is 4.94. The second kappa shape index (κ2) is 6.97. The van der Waals surface area contributed by atoms with Crippen LogP contribution in [0.3, 0.4) is 0 Å². The maximum Gasteiger partial charge on any atom is 0.135 e. The monoisotopic (exact) mass is 306 g/mol. The van der Waals surface area contributed by atoms with Crippen LogP contribution in [0.2, 0.25) is 0 Å². The standard InChI is InChI=1S/C16H26N4S/c1-20(9-10-21-2)16-13-5-7-17-8-6-14(13)18-15(19-16)11-12-3-4-12/h12,17H,3-11H2,1-2H3. The fraction of sp³-hybridized carbons (Fsp3) is 0.750. The van der Waals surface area contributed by atoms with E-state index < -0.39 is 0 Å². The smallest absolute Gasteiger partial charge is 0.135 e. The second-order valence-corrected chi connectivity index (χ2v) is 7.19. The highest BCUT2D eigenvalue weighted by Crippen LogP contribution is 2.33. The molecule has 2 heterocycles. The number of thioether (sulfide) groups is 1. The van der Waals surface area contributed by atoms with E-state index in [0.717, 1.165) is 56.4 Å². The number of nitrogens with one attached hydrogen (secondary N) is 1. The molecule has 21 heavy (non-hydrogen) atoms. The summed E-state index contributed by atoms with van der Waals surface area (Å²) in [6, 6.07) is 0. The van der Waals surface area contributed by atoms with Crippen molar-refractivity contribution >= 4 is 17.6 Å². The van der Waals surface area contributed by atoms with E-state index in [4.69, 9.17) is 9.97 Å². The highest BCUT2D eigenvalue weighted by molar-refractivity contribution is 7.98. The summed E-state index contributed by atoms with van der Waals surface area (Å²) in [7, 11) is 2.18. The van der Waals surface area contributed by atoms with Crippen LogP contribution in [0.4, 0.5) is 5.82 Å². The van der Waals surface area contributed by atoms with Crippen molar-refractivity contribution in [2.24, 2.45) is 5.92 Å². The molecule has 1 fully saturated rings. The van der Waals surface area contributed by atoms with Crippen molar-refractivity contribution in [2.45, 2.75) is 32.1 Å². The van der Waals surface area contributed by atoms with Gasteiger partial charge >= 0.3 is 0 Å². The van der Waals surface area contributed by atoms with Gasteiger partial charge in [-0.15, -0.1) is 0 Å². The summed E-state index contributed by atoms with van der Waals surface area (Å²) < 4.78 is 0. The van der Waals surface area contributed by atoms with Crippen LogP contribution in [0, 0.1) is 5.92 Å². The molecular weight excluding hydrogens is 280 g/mol. The molecule has 0 amide bonds. The van der Waals surface area contributed by atoms with Crippen LogP contribution >= 0.6 is 11.8 Å². The largest absolute Gasteiger partial charge is 0.359 e. The molecule has 1 aliphatic heterocycles. The van der Waals surface area contributed by atoms with Gasteiger partial charge in [0.25, 0.3) is 0 Å². The van der Waals surface area contributed by atoms with Gasteiger partial charge in [0, 0.05) is 44.3 Å². The Morgan fingerprint density at radius 2 is 2.05 bits per heavy atom. The van der Waals surface area contributed by atoms with Crippen molar-refractivity contribution in [3.8, 4) is 0 Å². The normalized spacial score (nSPS) is 18.2. The minimum Gasteiger partial charge on any atom is -0.359 e. The first-order valence-electron chi connectivity index (χ1n) is 8.07. The van der Waals surface area contributed by atoms with Crippen LogP contribution in [0.5, 0.6) is 0 Å². The molecule has 1 saturated carbocycles. The van der Waals surface area contributed by atoms with Crippen molar-refractivity contribution in [3.63, 3.8) is 0 Å². The first kappa shape index (κ1) is 15.1. The zero-order chi connectivity index (χ0) is 14.7. The number of aromatic nitrogens is 2. The van der Waals surface area contributed by atoms with E-state index in [1.165, 1.54) is 29.9 Å². The molecule has 0 bridgehead atoms. The third-order valence-electron chi connectivity index (χ3n) is 4.37. The molecule has 0 aromatic carbocycles. The third kappa shape index (κ3) is 3.89. The van der Waals surface area contributed by atoms with Gasteiger partial charge < -0.3 is 10.2 Å². The summed E-state index contributed by atoms with van der Waals surface area (Å²) >= 11 is 1.89. The van der Waals surface area contributed by atoms with Crippen molar-refractivity contribution in [3.05, 3.63) is 17.1 Å². The van der Waals surface area contributed by atoms with Gasteiger partial charge in [0.1, 0.15) is 11.6 Å². The quantitative estimate of drug-likeness (QED) is 0.869. The van der Waals surface area contributed by atoms with Crippen molar-refractivity contribution in [2.75, 3.05) is 43.6 Å². The number of fused-ring (bicyclic) bond motifs is 1. The van der Waals surface area contributed by atoms with Crippen LogP contribution < -0.4 is 10.2 Å². The Kier molecular flexibility index (Phi) is 5.01. The highest BCUT2D eigenvalue weighted by Gasteiger charge is 2.25. The van der Waals surface area contributed by atoms with Gasteiger partial charge in [-0.1, -0.05) is 0 Å². The van der Waals surface area contributed by atoms with Gasteiger partial charge in [-0.05, 0) is 38.0 Å². The number of nitrogens with zero attached hydrogens (tertiary/aromatic N) is 3. The van der Waals surface area contributed by atoms with E-state index in [0.29, 0.717) is 0 Å². The van der Waals surface area contributed by atoms with Gasteiger partial charge in [0.15, 0.2) is 0 Å². The predicted octanol–water partition coefficient (Wildman–Crippen LogP) is 1.92. The summed E-state index contributed by atoms with van der Waals surface area (Å²) in [6.45, 7) is 3.14. The SMILES string of the molecule is CSCCN(C)c1nc(CC2CC2)nc2c1CCNCC2. The lowest BCUT2D eigenvalue weighted by Gasteiger charge is -2.22. The molecule has 1 aromatic rings. The molecule has 1 aliphatic carbocycles. The highest BCUT2D eigenvalue weighted by atomic mass is 32.2. The molecule has 0 atom stereocenters. The first-order valence-corrected chi connectivity index (χ1v) is 9.46. The third-order valence-corrected chi connectivity index (χ3v) is 4.96. The topological polar surface area (TPSA) is 41.1 Å². The van der Waals surface area contributed by atoms with E-state index in [1.807, 2.05) is 11.8 Å². The van der Waals surface area contributed by atoms with Crippen molar-refractivity contribution in [1.82, 2.24) is 15.3 Å². The second-order valence-electron chi connectivity index (χ2n) is 6.20. The zero-order valence-corrected chi connectivity index (χ0v) is 14.0. The summed E-state index contributed by atoms with van der Waals surface area (Å²) in [4.78, 5) is 12.2. The number of rotatable bonds is 6. The lowest BCUT2D eigenvalue weighted by Crippen LogP contribution is -2.25. The summed E-state index contributed by atoms with van der Waals surface area (Å²) in [5.41, 5.74) is 2.67. The first-order chi connectivity index (χ1) is 10.3. The van der Waals surface area contributed by atoms with Crippen LogP contribution in [0.15, 0.2) is 0 Å². The molecule has 0 saturated heterocycles. The Morgan fingerprint density at radius 3 is 2.81 bits per heavy atom. The lowest BCUT2D eigenvalue weighted by molar-refractivity contribution is 0.706. The Labute approximate surface area is 132 Å². The molecule has 0 spiro atoms.